The van der Waals surface area contributed by atoms with E-state index in [1.807, 2.05) is 20.8 Å². The lowest BCUT2D eigenvalue weighted by molar-refractivity contribution is -0.147. The third-order valence-electron chi connectivity index (χ3n) is 4.73. The number of likely N-dealkylation sites (tertiary alicyclic amines) is 1. The minimum absolute atomic E-state index is 0.0717. The maximum atomic E-state index is 13.4. The average molecular weight is 382 g/mol. The van der Waals surface area contributed by atoms with Crippen LogP contribution >= 0.6 is 0 Å². The van der Waals surface area contributed by atoms with Crippen LogP contribution in [0.15, 0.2) is 24.3 Å². The molecule has 2 heterocycles. The number of rotatable bonds is 2. The van der Waals surface area contributed by atoms with E-state index in [2.05, 4.69) is 10.3 Å². The Kier molecular flexibility index (Phi) is 5.10. The summed E-state index contributed by atoms with van der Waals surface area (Å²) in [6.07, 6.45) is -3.16. The predicted octanol–water partition coefficient (Wildman–Crippen LogP) is 4.28. The number of piperidine rings is 1. The van der Waals surface area contributed by atoms with Crippen LogP contribution in [0.2, 0.25) is 0 Å². The van der Waals surface area contributed by atoms with Crippen LogP contribution < -0.4 is 5.32 Å². The summed E-state index contributed by atoms with van der Waals surface area (Å²) in [5.74, 6) is -0.779. The molecule has 0 aliphatic carbocycles. The molecule has 0 spiro atoms. The summed E-state index contributed by atoms with van der Waals surface area (Å²) in [5.41, 5.74) is 0.537. The number of hydrogen-bond donors (Lipinski definition) is 1. The molecule has 0 saturated carbocycles. The van der Waals surface area contributed by atoms with Gasteiger partial charge in [-0.1, -0.05) is 12.1 Å². The smallest absolute Gasteiger partial charge is 0.333 e. The van der Waals surface area contributed by atoms with Crippen LogP contribution in [0.4, 0.5) is 18.0 Å². The normalized spacial score (nSPS) is 16.7. The number of benzene rings is 1. The van der Waals surface area contributed by atoms with Gasteiger partial charge in [0.1, 0.15) is 0 Å². The SMILES string of the molecule is CC(C)(C)NC(=O)N1CCC(Cn2c(C(F)(F)F)nc3ccccc32)CC1. The zero-order valence-corrected chi connectivity index (χ0v) is 15.8. The summed E-state index contributed by atoms with van der Waals surface area (Å²) < 4.78 is 41.5. The number of fused-ring (bicyclic) bond motifs is 1. The molecule has 0 atom stereocenters. The van der Waals surface area contributed by atoms with Gasteiger partial charge < -0.3 is 14.8 Å². The minimum atomic E-state index is -4.49. The van der Waals surface area contributed by atoms with E-state index in [4.69, 9.17) is 0 Å². The molecule has 0 radical (unpaired) electrons. The highest BCUT2D eigenvalue weighted by Crippen LogP contribution is 2.33. The number of halogens is 3. The zero-order chi connectivity index (χ0) is 19.8. The van der Waals surface area contributed by atoms with Gasteiger partial charge >= 0.3 is 12.2 Å². The Bertz CT molecular complexity index is 814. The number of nitrogens with zero attached hydrogens (tertiary/aromatic N) is 3. The molecule has 5 nitrogen and oxygen atoms in total. The Morgan fingerprint density at radius 1 is 1.19 bits per heavy atom. The first kappa shape index (κ1) is 19.5. The van der Waals surface area contributed by atoms with Crippen molar-refractivity contribution in [3.05, 3.63) is 30.1 Å². The molecule has 3 rings (SSSR count). The first-order chi connectivity index (χ1) is 12.5. The number of aromatic nitrogens is 2. The van der Waals surface area contributed by atoms with Crippen molar-refractivity contribution in [2.45, 2.75) is 51.9 Å². The Labute approximate surface area is 156 Å². The quantitative estimate of drug-likeness (QED) is 0.843. The van der Waals surface area contributed by atoms with Crippen LogP contribution in [0.25, 0.3) is 11.0 Å². The van der Waals surface area contributed by atoms with Crippen molar-refractivity contribution in [1.82, 2.24) is 19.8 Å². The average Bonchev–Trinajstić information content (AvgIpc) is 2.93. The Balaban J connectivity index is 1.72. The molecule has 1 N–H and O–H groups in total. The van der Waals surface area contributed by atoms with E-state index in [1.165, 1.54) is 4.57 Å². The third-order valence-corrected chi connectivity index (χ3v) is 4.73. The number of amides is 2. The Morgan fingerprint density at radius 2 is 1.81 bits per heavy atom. The fraction of sp³-hybridized carbons (Fsp3) is 0.579. The molecule has 1 aliphatic heterocycles. The van der Waals surface area contributed by atoms with Crippen molar-refractivity contribution >= 4 is 17.1 Å². The van der Waals surface area contributed by atoms with Gasteiger partial charge in [-0.25, -0.2) is 9.78 Å². The third kappa shape index (κ3) is 4.54. The van der Waals surface area contributed by atoms with Crippen molar-refractivity contribution in [3.63, 3.8) is 0 Å². The number of hydrogen-bond acceptors (Lipinski definition) is 2. The van der Waals surface area contributed by atoms with E-state index in [-0.39, 0.29) is 24.0 Å². The van der Waals surface area contributed by atoms with Crippen molar-refractivity contribution < 1.29 is 18.0 Å². The predicted molar refractivity (Wildman–Crippen MR) is 97.3 cm³/mol. The molecule has 1 aromatic carbocycles. The van der Waals surface area contributed by atoms with Gasteiger partial charge in [-0.05, 0) is 51.7 Å². The second-order valence-electron chi connectivity index (χ2n) is 8.14. The Morgan fingerprint density at radius 3 is 2.41 bits per heavy atom. The second kappa shape index (κ2) is 7.05. The lowest BCUT2D eigenvalue weighted by Gasteiger charge is -2.34. The molecule has 27 heavy (non-hydrogen) atoms. The largest absolute Gasteiger partial charge is 0.449 e. The first-order valence-electron chi connectivity index (χ1n) is 9.14. The van der Waals surface area contributed by atoms with Crippen molar-refractivity contribution in [1.29, 1.82) is 0 Å². The molecular formula is C19H25F3N4O. The van der Waals surface area contributed by atoms with Gasteiger partial charge in [0, 0.05) is 25.2 Å². The second-order valence-corrected chi connectivity index (χ2v) is 8.14. The summed E-state index contributed by atoms with van der Waals surface area (Å²) in [6, 6.07) is 6.56. The number of carbonyl (C=O) groups is 1. The first-order valence-corrected chi connectivity index (χ1v) is 9.14. The van der Waals surface area contributed by atoms with Crippen LogP contribution in [-0.2, 0) is 12.7 Å². The summed E-state index contributed by atoms with van der Waals surface area (Å²) in [4.78, 5) is 17.8. The van der Waals surface area contributed by atoms with E-state index in [0.717, 1.165) is 0 Å². The fourth-order valence-electron chi connectivity index (χ4n) is 3.45. The summed E-state index contributed by atoms with van der Waals surface area (Å²) in [6.45, 7) is 7.09. The highest BCUT2D eigenvalue weighted by Gasteiger charge is 2.38. The number of alkyl halides is 3. The molecule has 0 unspecified atom stereocenters. The zero-order valence-electron chi connectivity index (χ0n) is 15.8. The molecule has 8 heteroatoms. The summed E-state index contributed by atoms with van der Waals surface area (Å²) >= 11 is 0. The van der Waals surface area contributed by atoms with E-state index < -0.39 is 12.0 Å². The van der Waals surface area contributed by atoms with Crippen molar-refractivity contribution in [2.75, 3.05) is 13.1 Å². The highest BCUT2D eigenvalue weighted by molar-refractivity contribution is 5.76. The van der Waals surface area contributed by atoms with Gasteiger partial charge in [0.15, 0.2) is 0 Å². The van der Waals surface area contributed by atoms with Gasteiger partial charge in [0.2, 0.25) is 5.82 Å². The minimum Gasteiger partial charge on any atom is -0.333 e. The molecular weight excluding hydrogens is 357 g/mol. The number of nitrogens with one attached hydrogen (secondary N) is 1. The summed E-state index contributed by atoms with van der Waals surface area (Å²) in [5, 5.41) is 2.93. The van der Waals surface area contributed by atoms with E-state index in [1.54, 1.807) is 29.2 Å². The molecule has 1 saturated heterocycles. The van der Waals surface area contributed by atoms with Gasteiger partial charge in [0.25, 0.3) is 0 Å². The molecule has 148 valence electrons. The molecule has 1 aliphatic rings. The Hall–Kier alpha value is -2.25. The number of urea groups is 1. The van der Waals surface area contributed by atoms with E-state index in [0.29, 0.717) is 37.0 Å². The monoisotopic (exact) mass is 382 g/mol. The highest BCUT2D eigenvalue weighted by atomic mass is 19.4. The van der Waals surface area contributed by atoms with Crippen LogP contribution in [-0.4, -0.2) is 39.1 Å². The molecule has 1 aromatic heterocycles. The topological polar surface area (TPSA) is 50.2 Å². The van der Waals surface area contributed by atoms with Crippen LogP contribution in [0.5, 0.6) is 0 Å². The molecule has 0 bridgehead atoms. The lowest BCUT2D eigenvalue weighted by Crippen LogP contribution is -2.50. The lowest BCUT2D eigenvalue weighted by atomic mass is 9.96. The standard InChI is InChI=1S/C19H25F3N4O/c1-18(2,3)24-17(27)25-10-8-13(9-11-25)12-26-15-7-5-4-6-14(15)23-16(26)19(20,21)22/h4-7,13H,8-12H2,1-3H3,(H,24,27). The number of imidazole rings is 1. The van der Waals surface area contributed by atoms with Gasteiger partial charge in [-0.2, -0.15) is 13.2 Å². The molecule has 2 amide bonds. The summed E-state index contributed by atoms with van der Waals surface area (Å²) in [7, 11) is 0. The van der Waals surface area contributed by atoms with E-state index >= 15 is 0 Å². The van der Waals surface area contributed by atoms with Crippen LogP contribution in [0.1, 0.15) is 39.4 Å². The van der Waals surface area contributed by atoms with Gasteiger partial charge in [0.05, 0.1) is 11.0 Å². The van der Waals surface area contributed by atoms with Gasteiger partial charge in [-0.15, -0.1) is 0 Å². The van der Waals surface area contributed by atoms with Crippen LogP contribution in [0, 0.1) is 5.92 Å². The van der Waals surface area contributed by atoms with Crippen LogP contribution in [0.3, 0.4) is 0 Å². The molecule has 1 fully saturated rings. The number of para-hydroxylation sites is 2. The van der Waals surface area contributed by atoms with Gasteiger partial charge in [-0.3, -0.25) is 0 Å². The maximum Gasteiger partial charge on any atom is 0.449 e. The number of carbonyl (C=O) groups excluding carboxylic acids is 1. The van der Waals surface area contributed by atoms with E-state index in [9.17, 15) is 18.0 Å². The van der Waals surface area contributed by atoms with Crippen molar-refractivity contribution in [2.24, 2.45) is 5.92 Å². The van der Waals surface area contributed by atoms with Crippen molar-refractivity contribution in [3.8, 4) is 0 Å². The fourth-order valence-corrected chi connectivity index (χ4v) is 3.45. The maximum absolute atomic E-state index is 13.4. The molecule has 2 aromatic rings.